The van der Waals surface area contributed by atoms with E-state index in [4.69, 9.17) is 0 Å². The molecule has 0 aliphatic rings. The van der Waals surface area contributed by atoms with Gasteiger partial charge in [-0.15, -0.1) is 0 Å². The molecule has 0 aliphatic carbocycles. The van der Waals surface area contributed by atoms with E-state index in [0.29, 0.717) is 18.7 Å². The van der Waals surface area contributed by atoms with Crippen molar-refractivity contribution in [2.75, 3.05) is 6.54 Å². The highest BCUT2D eigenvalue weighted by atomic mass is 16.2. The van der Waals surface area contributed by atoms with Crippen LogP contribution >= 0.6 is 0 Å². The Labute approximate surface area is 192 Å². The van der Waals surface area contributed by atoms with Crippen molar-refractivity contribution in [3.8, 4) is 0 Å². The number of carbonyl (C=O) groups is 1. The maximum Gasteiger partial charge on any atom is 0.254 e. The molecule has 5 heteroatoms. The smallest absolute Gasteiger partial charge is 0.254 e. The highest BCUT2D eigenvalue weighted by Gasteiger charge is 2.18. The van der Waals surface area contributed by atoms with Gasteiger partial charge in [0.1, 0.15) is 0 Å². The summed E-state index contributed by atoms with van der Waals surface area (Å²) in [5.74, 6) is -0.00323. The van der Waals surface area contributed by atoms with Crippen LogP contribution in [0.3, 0.4) is 0 Å². The van der Waals surface area contributed by atoms with Gasteiger partial charge in [0.2, 0.25) is 0 Å². The summed E-state index contributed by atoms with van der Waals surface area (Å²) < 4.78 is 0. The van der Waals surface area contributed by atoms with E-state index >= 15 is 0 Å². The van der Waals surface area contributed by atoms with Crippen molar-refractivity contribution in [2.24, 2.45) is 0 Å². The summed E-state index contributed by atoms with van der Waals surface area (Å²) in [5, 5.41) is 1.07. The van der Waals surface area contributed by atoms with Crippen molar-refractivity contribution in [3.63, 3.8) is 0 Å². The van der Waals surface area contributed by atoms with Gasteiger partial charge in [0.05, 0.1) is 16.6 Å². The predicted octanol–water partition coefficient (Wildman–Crippen LogP) is 5.45. The number of nitrogens with zero attached hydrogens (tertiary/aromatic N) is 4. The third-order valence-electron chi connectivity index (χ3n) is 5.84. The van der Waals surface area contributed by atoms with E-state index in [2.05, 4.69) is 45.3 Å². The number of rotatable bonds is 7. The van der Waals surface area contributed by atoms with E-state index in [9.17, 15) is 4.79 Å². The SMILES string of the molecule is O=C(c1ccc2nccnc2c1)N(CCCc1ccccc1)Cc1ccnc2ccccc12. The number of pyridine rings is 1. The van der Waals surface area contributed by atoms with E-state index in [0.717, 1.165) is 40.3 Å². The average molecular weight is 433 g/mol. The molecule has 0 bridgehead atoms. The number of benzene rings is 3. The monoisotopic (exact) mass is 432 g/mol. The Morgan fingerprint density at radius 1 is 0.727 bits per heavy atom. The molecule has 0 N–H and O–H groups in total. The second-order valence-corrected chi connectivity index (χ2v) is 8.06. The van der Waals surface area contributed by atoms with E-state index in [1.54, 1.807) is 12.4 Å². The van der Waals surface area contributed by atoms with Crippen LogP contribution in [0.5, 0.6) is 0 Å². The summed E-state index contributed by atoms with van der Waals surface area (Å²) in [6.07, 6.45) is 6.93. The molecule has 0 atom stereocenters. The van der Waals surface area contributed by atoms with Crippen molar-refractivity contribution >= 4 is 27.8 Å². The first-order valence-electron chi connectivity index (χ1n) is 11.1. The van der Waals surface area contributed by atoms with Gasteiger partial charge in [-0.1, -0.05) is 48.5 Å². The van der Waals surface area contributed by atoms with Gasteiger partial charge in [0, 0.05) is 42.6 Å². The summed E-state index contributed by atoms with van der Waals surface area (Å²) >= 11 is 0. The Bertz CT molecular complexity index is 1400. The summed E-state index contributed by atoms with van der Waals surface area (Å²) in [6, 6.07) is 26.0. The van der Waals surface area contributed by atoms with Crippen LogP contribution in [0.4, 0.5) is 0 Å². The topological polar surface area (TPSA) is 59.0 Å². The average Bonchev–Trinajstić information content (AvgIpc) is 2.88. The molecule has 162 valence electrons. The van der Waals surface area contributed by atoms with Crippen molar-refractivity contribution in [3.05, 3.63) is 114 Å². The summed E-state index contributed by atoms with van der Waals surface area (Å²) in [4.78, 5) is 28.7. The molecule has 5 aromatic rings. The predicted molar refractivity (Wildman–Crippen MR) is 131 cm³/mol. The maximum atomic E-state index is 13.6. The molecular formula is C28H24N4O. The Morgan fingerprint density at radius 2 is 1.48 bits per heavy atom. The molecule has 0 radical (unpaired) electrons. The fourth-order valence-electron chi connectivity index (χ4n) is 4.15. The van der Waals surface area contributed by atoms with Gasteiger partial charge in [-0.25, -0.2) is 0 Å². The van der Waals surface area contributed by atoms with Crippen molar-refractivity contribution in [1.29, 1.82) is 0 Å². The fraction of sp³-hybridized carbons (Fsp3) is 0.143. The van der Waals surface area contributed by atoms with E-state index in [1.165, 1.54) is 5.56 Å². The van der Waals surface area contributed by atoms with Crippen molar-refractivity contribution < 1.29 is 4.79 Å². The van der Waals surface area contributed by atoms with E-state index in [-0.39, 0.29) is 5.91 Å². The van der Waals surface area contributed by atoms with Gasteiger partial charge in [0.15, 0.2) is 0 Å². The van der Waals surface area contributed by atoms with Gasteiger partial charge in [0.25, 0.3) is 5.91 Å². The molecule has 0 unspecified atom stereocenters. The van der Waals surface area contributed by atoms with Crippen molar-refractivity contribution in [2.45, 2.75) is 19.4 Å². The number of carbonyl (C=O) groups excluding carboxylic acids is 1. The number of aryl methyl sites for hydroxylation is 1. The number of hydrogen-bond donors (Lipinski definition) is 0. The number of fused-ring (bicyclic) bond motifs is 2. The highest BCUT2D eigenvalue weighted by molar-refractivity contribution is 5.97. The van der Waals surface area contributed by atoms with Gasteiger partial charge < -0.3 is 4.90 Å². The molecule has 0 spiro atoms. The Balaban J connectivity index is 1.43. The molecule has 0 saturated heterocycles. The van der Waals surface area contributed by atoms with E-state index in [1.807, 2.05) is 59.6 Å². The lowest BCUT2D eigenvalue weighted by Crippen LogP contribution is -2.32. The highest BCUT2D eigenvalue weighted by Crippen LogP contribution is 2.21. The molecule has 0 saturated carbocycles. The van der Waals surface area contributed by atoms with E-state index < -0.39 is 0 Å². The first-order valence-corrected chi connectivity index (χ1v) is 11.1. The quantitative estimate of drug-likeness (QED) is 0.343. The zero-order chi connectivity index (χ0) is 22.5. The van der Waals surface area contributed by atoms with Crippen molar-refractivity contribution in [1.82, 2.24) is 19.9 Å². The van der Waals surface area contributed by atoms with Gasteiger partial charge in [-0.3, -0.25) is 19.7 Å². The molecule has 5 rings (SSSR count). The fourth-order valence-corrected chi connectivity index (χ4v) is 4.15. The summed E-state index contributed by atoms with van der Waals surface area (Å²) in [6.45, 7) is 1.18. The molecular weight excluding hydrogens is 408 g/mol. The number of amides is 1. The Morgan fingerprint density at radius 3 is 2.36 bits per heavy atom. The zero-order valence-corrected chi connectivity index (χ0v) is 18.3. The molecule has 0 fully saturated rings. The Hall–Kier alpha value is -4.12. The molecule has 1 amide bonds. The molecule has 33 heavy (non-hydrogen) atoms. The van der Waals surface area contributed by atoms with Crippen LogP contribution in [0.1, 0.15) is 27.9 Å². The van der Waals surface area contributed by atoms with Crippen LogP contribution in [0.25, 0.3) is 21.9 Å². The van der Waals surface area contributed by atoms with Gasteiger partial charge in [-0.05, 0) is 54.3 Å². The first-order chi connectivity index (χ1) is 16.3. The molecule has 2 aromatic heterocycles. The first kappa shape index (κ1) is 20.8. The third kappa shape index (κ3) is 4.72. The second-order valence-electron chi connectivity index (χ2n) is 8.06. The minimum absolute atomic E-state index is 0.00323. The lowest BCUT2D eigenvalue weighted by Gasteiger charge is -2.24. The van der Waals surface area contributed by atoms with Crippen LogP contribution < -0.4 is 0 Å². The standard InChI is InChI=1S/C28H24N4O/c33-28(22-12-13-26-27(19-22)31-17-16-30-26)32(18-6-9-21-7-2-1-3-8-21)20-23-14-15-29-25-11-5-4-10-24(23)25/h1-5,7-8,10-17,19H,6,9,18,20H2. The van der Waals surface area contributed by atoms with Crippen LogP contribution in [0.2, 0.25) is 0 Å². The van der Waals surface area contributed by atoms with Gasteiger partial charge >= 0.3 is 0 Å². The lowest BCUT2D eigenvalue weighted by atomic mass is 10.1. The largest absolute Gasteiger partial charge is 0.334 e. The number of para-hydroxylation sites is 1. The summed E-state index contributed by atoms with van der Waals surface area (Å²) in [7, 11) is 0. The molecule has 2 heterocycles. The maximum absolute atomic E-state index is 13.6. The van der Waals surface area contributed by atoms with Crippen LogP contribution in [-0.4, -0.2) is 32.3 Å². The summed E-state index contributed by atoms with van der Waals surface area (Å²) in [5.41, 5.74) is 5.44. The van der Waals surface area contributed by atoms with Crippen LogP contribution in [0.15, 0.2) is 97.5 Å². The number of hydrogen-bond acceptors (Lipinski definition) is 4. The lowest BCUT2D eigenvalue weighted by molar-refractivity contribution is 0.0742. The van der Waals surface area contributed by atoms with Crippen LogP contribution in [0, 0.1) is 0 Å². The normalized spacial score (nSPS) is 11.0. The molecule has 0 aliphatic heterocycles. The number of aromatic nitrogens is 3. The zero-order valence-electron chi connectivity index (χ0n) is 18.3. The molecule has 3 aromatic carbocycles. The van der Waals surface area contributed by atoms with Gasteiger partial charge in [-0.2, -0.15) is 0 Å². The van der Waals surface area contributed by atoms with Crippen LogP contribution in [-0.2, 0) is 13.0 Å². The Kier molecular flexibility index (Phi) is 6.02. The second kappa shape index (κ2) is 9.57. The minimum atomic E-state index is -0.00323. The third-order valence-corrected chi connectivity index (χ3v) is 5.84. The molecule has 5 nitrogen and oxygen atoms in total. The minimum Gasteiger partial charge on any atom is -0.334 e.